The van der Waals surface area contributed by atoms with E-state index in [9.17, 15) is 9.59 Å². The predicted octanol–water partition coefficient (Wildman–Crippen LogP) is 1.53. The van der Waals surface area contributed by atoms with Gasteiger partial charge in [0, 0.05) is 11.4 Å². The van der Waals surface area contributed by atoms with Gasteiger partial charge in [-0.25, -0.2) is 4.79 Å². The first kappa shape index (κ1) is 12.1. The maximum Gasteiger partial charge on any atom is 0.348 e. The van der Waals surface area contributed by atoms with Crippen molar-refractivity contribution in [2.24, 2.45) is 0 Å². The molecule has 0 bridgehead atoms. The maximum absolute atomic E-state index is 11.7. The highest BCUT2D eigenvalue weighted by molar-refractivity contribution is 7.14. The second-order valence-corrected chi connectivity index (χ2v) is 5.08. The highest BCUT2D eigenvalue weighted by Crippen LogP contribution is 2.30. The monoisotopic (exact) mass is 253 g/mol. The van der Waals surface area contributed by atoms with Crippen LogP contribution in [0.25, 0.3) is 0 Å². The minimum atomic E-state index is -0.393. The van der Waals surface area contributed by atoms with Gasteiger partial charge in [0.1, 0.15) is 4.88 Å². The highest BCUT2D eigenvalue weighted by atomic mass is 32.1. The topological polar surface area (TPSA) is 55.4 Å². The van der Waals surface area contributed by atoms with E-state index in [-0.39, 0.29) is 12.5 Å². The molecule has 17 heavy (non-hydrogen) atoms. The van der Waals surface area contributed by atoms with Gasteiger partial charge in [-0.15, -0.1) is 11.3 Å². The molecule has 1 aliphatic carbocycles. The first-order valence-corrected chi connectivity index (χ1v) is 6.57. The van der Waals surface area contributed by atoms with Crippen molar-refractivity contribution in [2.45, 2.75) is 26.2 Å². The Balaban J connectivity index is 1.89. The summed E-state index contributed by atoms with van der Waals surface area (Å²) in [6, 6.07) is 1.90. The summed E-state index contributed by atoms with van der Waals surface area (Å²) in [5.41, 5.74) is 1.26. The summed E-state index contributed by atoms with van der Waals surface area (Å²) in [6.07, 6.45) is 3.29. The molecule has 0 fully saturated rings. The largest absolute Gasteiger partial charge is 0.451 e. The molecule has 4 nitrogen and oxygen atoms in total. The molecule has 5 heteroatoms. The van der Waals surface area contributed by atoms with Crippen LogP contribution < -0.4 is 5.32 Å². The number of carbonyl (C=O) groups excluding carboxylic acids is 2. The molecule has 1 aromatic rings. The molecule has 0 saturated carbocycles. The number of rotatable bonds is 4. The predicted molar refractivity (Wildman–Crippen MR) is 65.3 cm³/mol. The molecule has 1 heterocycles. The standard InChI is InChI=1S/C12H15NO3S/c1-2-13-11(14)7-16-12(15)10-6-8-4-3-5-9(8)17-10/h6H,2-5,7H2,1H3,(H,13,14). The second kappa shape index (κ2) is 5.31. The Morgan fingerprint density at radius 1 is 1.47 bits per heavy atom. The number of thiophene rings is 1. The third kappa shape index (κ3) is 2.85. The van der Waals surface area contributed by atoms with Gasteiger partial charge in [0.15, 0.2) is 6.61 Å². The Bertz CT molecular complexity index is 417. The Morgan fingerprint density at radius 2 is 2.29 bits per heavy atom. The van der Waals surface area contributed by atoms with Crippen LogP contribution in [-0.4, -0.2) is 25.0 Å². The molecule has 1 N–H and O–H groups in total. The Hall–Kier alpha value is -1.36. The average Bonchev–Trinajstić information content (AvgIpc) is 2.86. The van der Waals surface area contributed by atoms with Crippen molar-refractivity contribution in [3.63, 3.8) is 0 Å². The molecular formula is C12H15NO3S. The zero-order valence-electron chi connectivity index (χ0n) is 9.75. The summed E-state index contributed by atoms with van der Waals surface area (Å²) in [4.78, 5) is 24.7. The molecule has 0 atom stereocenters. The van der Waals surface area contributed by atoms with Gasteiger partial charge in [0.2, 0.25) is 0 Å². The van der Waals surface area contributed by atoms with Gasteiger partial charge in [-0.1, -0.05) is 0 Å². The van der Waals surface area contributed by atoms with Crippen LogP contribution in [0, 0.1) is 0 Å². The lowest BCUT2D eigenvalue weighted by Gasteiger charge is -2.03. The molecule has 0 spiro atoms. The normalized spacial score (nSPS) is 13.2. The molecule has 0 radical (unpaired) electrons. The van der Waals surface area contributed by atoms with Gasteiger partial charge in [-0.2, -0.15) is 0 Å². The number of hydrogen-bond acceptors (Lipinski definition) is 4. The van der Waals surface area contributed by atoms with E-state index in [4.69, 9.17) is 4.74 Å². The van der Waals surface area contributed by atoms with Crippen LogP contribution in [0.1, 0.15) is 33.5 Å². The lowest BCUT2D eigenvalue weighted by Crippen LogP contribution is -2.28. The third-order valence-corrected chi connectivity index (χ3v) is 3.87. The molecule has 1 aliphatic rings. The van der Waals surface area contributed by atoms with Crippen molar-refractivity contribution < 1.29 is 14.3 Å². The fourth-order valence-electron chi connectivity index (χ4n) is 1.88. The highest BCUT2D eigenvalue weighted by Gasteiger charge is 2.19. The number of carbonyl (C=O) groups is 2. The number of likely N-dealkylation sites (N-methyl/N-ethyl adjacent to an activating group) is 1. The minimum Gasteiger partial charge on any atom is -0.451 e. The van der Waals surface area contributed by atoms with E-state index in [0.29, 0.717) is 11.4 Å². The Kier molecular flexibility index (Phi) is 3.78. The smallest absolute Gasteiger partial charge is 0.348 e. The first-order chi connectivity index (χ1) is 8.20. The van der Waals surface area contributed by atoms with Gasteiger partial charge in [-0.3, -0.25) is 4.79 Å². The van der Waals surface area contributed by atoms with Crippen molar-refractivity contribution in [3.05, 3.63) is 21.4 Å². The van der Waals surface area contributed by atoms with Crippen LogP contribution >= 0.6 is 11.3 Å². The van der Waals surface area contributed by atoms with E-state index in [1.807, 2.05) is 13.0 Å². The summed E-state index contributed by atoms with van der Waals surface area (Å²) in [6.45, 7) is 2.17. The van der Waals surface area contributed by atoms with E-state index >= 15 is 0 Å². The lowest BCUT2D eigenvalue weighted by molar-refractivity contribution is -0.124. The van der Waals surface area contributed by atoms with E-state index < -0.39 is 5.97 Å². The van der Waals surface area contributed by atoms with Gasteiger partial charge < -0.3 is 10.1 Å². The zero-order chi connectivity index (χ0) is 12.3. The van der Waals surface area contributed by atoms with Crippen LogP contribution in [0.5, 0.6) is 0 Å². The second-order valence-electron chi connectivity index (χ2n) is 3.94. The number of hydrogen-bond donors (Lipinski definition) is 1. The summed E-state index contributed by atoms with van der Waals surface area (Å²) in [5.74, 6) is -0.652. The fraction of sp³-hybridized carbons (Fsp3) is 0.500. The molecule has 1 amide bonds. The quantitative estimate of drug-likeness (QED) is 0.828. The van der Waals surface area contributed by atoms with Crippen LogP contribution in [0.3, 0.4) is 0 Å². The summed E-state index contributed by atoms with van der Waals surface area (Å²) < 4.78 is 4.94. The number of ether oxygens (including phenoxy) is 1. The van der Waals surface area contributed by atoms with Crippen LogP contribution in [0.15, 0.2) is 6.07 Å². The van der Waals surface area contributed by atoms with Gasteiger partial charge in [0.05, 0.1) is 0 Å². The molecule has 1 aromatic heterocycles. The summed E-state index contributed by atoms with van der Waals surface area (Å²) in [5, 5.41) is 2.58. The molecule has 0 unspecified atom stereocenters. The number of nitrogens with one attached hydrogen (secondary N) is 1. The third-order valence-electron chi connectivity index (χ3n) is 2.66. The van der Waals surface area contributed by atoms with Crippen LogP contribution in [0.2, 0.25) is 0 Å². The molecule has 0 aliphatic heterocycles. The number of esters is 1. The zero-order valence-corrected chi connectivity index (χ0v) is 10.6. The number of amides is 1. The van der Waals surface area contributed by atoms with E-state index in [2.05, 4.69) is 5.32 Å². The van der Waals surface area contributed by atoms with Crippen LogP contribution in [0.4, 0.5) is 0 Å². The van der Waals surface area contributed by atoms with Crippen molar-refractivity contribution in [3.8, 4) is 0 Å². The van der Waals surface area contributed by atoms with E-state index in [0.717, 1.165) is 12.8 Å². The molecule has 0 aromatic carbocycles. The molecule has 0 saturated heterocycles. The van der Waals surface area contributed by atoms with Gasteiger partial charge in [0.25, 0.3) is 5.91 Å². The average molecular weight is 253 g/mol. The summed E-state index contributed by atoms with van der Waals surface area (Å²) >= 11 is 1.49. The minimum absolute atomic E-state index is 0.199. The number of aryl methyl sites for hydroxylation is 2. The van der Waals surface area contributed by atoms with Gasteiger partial charge >= 0.3 is 5.97 Å². The molecular weight excluding hydrogens is 238 g/mol. The molecule has 2 rings (SSSR count). The van der Waals surface area contributed by atoms with Crippen molar-refractivity contribution in [1.82, 2.24) is 5.32 Å². The van der Waals surface area contributed by atoms with Crippen molar-refractivity contribution >= 4 is 23.2 Å². The molecule has 92 valence electrons. The van der Waals surface area contributed by atoms with Crippen molar-refractivity contribution in [1.29, 1.82) is 0 Å². The number of fused-ring (bicyclic) bond motifs is 1. The van der Waals surface area contributed by atoms with Crippen molar-refractivity contribution in [2.75, 3.05) is 13.2 Å². The van der Waals surface area contributed by atoms with Crippen LogP contribution in [-0.2, 0) is 22.4 Å². The van der Waals surface area contributed by atoms with E-state index in [1.165, 1.54) is 28.2 Å². The van der Waals surface area contributed by atoms with Gasteiger partial charge in [-0.05, 0) is 37.8 Å². The fourth-order valence-corrected chi connectivity index (χ4v) is 3.03. The Morgan fingerprint density at radius 3 is 3.00 bits per heavy atom. The summed E-state index contributed by atoms with van der Waals surface area (Å²) in [7, 11) is 0. The first-order valence-electron chi connectivity index (χ1n) is 5.76. The lowest BCUT2D eigenvalue weighted by atomic mass is 10.2. The Labute approximate surface area is 104 Å². The maximum atomic E-state index is 11.7. The van der Waals surface area contributed by atoms with E-state index in [1.54, 1.807) is 0 Å². The SMILES string of the molecule is CCNC(=O)COC(=O)c1cc2c(s1)CCC2.